The van der Waals surface area contributed by atoms with Crippen molar-refractivity contribution < 1.29 is 23.5 Å². The van der Waals surface area contributed by atoms with Gasteiger partial charge in [0.1, 0.15) is 19.5 Å². The Balaban J connectivity index is 1.29. The van der Waals surface area contributed by atoms with Crippen LogP contribution in [0.1, 0.15) is 23.2 Å². The second kappa shape index (κ2) is 7.40. The average Bonchev–Trinajstić information content (AvgIpc) is 3.41. The van der Waals surface area contributed by atoms with Crippen molar-refractivity contribution in [1.82, 2.24) is 9.88 Å². The van der Waals surface area contributed by atoms with Gasteiger partial charge < -0.3 is 24.1 Å². The summed E-state index contributed by atoms with van der Waals surface area (Å²) >= 11 is 1.40. The molecule has 3 aromatic rings. The molecule has 2 aromatic heterocycles. The number of nitrogens with zero attached hydrogens (tertiary/aromatic N) is 2. The number of hydrogen-bond donors (Lipinski definition) is 1. The Labute approximate surface area is 170 Å². The summed E-state index contributed by atoms with van der Waals surface area (Å²) in [4.78, 5) is 31.6. The minimum absolute atomic E-state index is 0.109. The molecule has 5 rings (SSSR count). The third-order valence-electron chi connectivity index (χ3n) is 5.13. The number of thiazole rings is 1. The Morgan fingerprint density at radius 3 is 2.83 bits per heavy atom. The molecule has 0 saturated carbocycles. The van der Waals surface area contributed by atoms with Crippen LogP contribution in [0.4, 0.5) is 5.13 Å². The number of piperidine rings is 1. The molecule has 150 valence electrons. The summed E-state index contributed by atoms with van der Waals surface area (Å²) in [5, 5.41) is 3.45. The molecule has 1 N–H and O–H groups in total. The van der Waals surface area contributed by atoms with Gasteiger partial charge in [-0.1, -0.05) is 11.3 Å². The minimum atomic E-state index is -0.272. The van der Waals surface area contributed by atoms with Crippen LogP contribution in [0.5, 0.6) is 11.5 Å². The number of aromatic nitrogens is 1. The normalized spacial score (nSPS) is 18.6. The van der Waals surface area contributed by atoms with Gasteiger partial charge in [0.05, 0.1) is 28.0 Å². The number of furan rings is 1. The number of hydrogen-bond acceptors (Lipinski definition) is 7. The highest BCUT2D eigenvalue weighted by Gasteiger charge is 2.30. The summed E-state index contributed by atoms with van der Waals surface area (Å²) in [6, 6.07) is 5.37. The molecule has 2 aliphatic rings. The fourth-order valence-electron chi connectivity index (χ4n) is 3.67. The molecule has 8 nitrogen and oxygen atoms in total. The molecular formula is C20H19N3O5S. The summed E-state index contributed by atoms with van der Waals surface area (Å²) in [6.07, 6.45) is 4.42. The summed E-state index contributed by atoms with van der Waals surface area (Å²) in [6.45, 7) is 2.07. The van der Waals surface area contributed by atoms with E-state index in [9.17, 15) is 9.59 Å². The van der Waals surface area contributed by atoms with Crippen LogP contribution in [0, 0.1) is 5.92 Å². The van der Waals surface area contributed by atoms with Gasteiger partial charge in [-0.05, 0) is 18.9 Å². The Bertz CT molecular complexity index is 1020. The first-order chi connectivity index (χ1) is 14.2. The Hall–Kier alpha value is -3.07. The van der Waals surface area contributed by atoms with Crippen molar-refractivity contribution in [1.29, 1.82) is 0 Å². The van der Waals surface area contributed by atoms with Gasteiger partial charge in [-0.3, -0.25) is 9.59 Å². The number of benzene rings is 1. The van der Waals surface area contributed by atoms with E-state index in [4.69, 9.17) is 13.9 Å². The Kier molecular flexibility index (Phi) is 4.59. The lowest BCUT2D eigenvalue weighted by Gasteiger charge is -2.31. The maximum Gasteiger partial charge on any atom is 0.257 e. The molecule has 0 unspecified atom stereocenters. The minimum Gasteiger partial charge on any atom is -0.486 e. The monoisotopic (exact) mass is 413 g/mol. The molecule has 1 fully saturated rings. The summed E-state index contributed by atoms with van der Waals surface area (Å²) in [5.41, 5.74) is 1.26. The third-order valence-corrected chi connectivity index (χ3v) is 6.06. The van der Waals surface area contributed by atoms with E-state index in [0.717, 1.165) is 23.1 Å². The number of fused-ring (bicyclic) bond motifs is 2. The molecule has 1 atom stereocenters. The fourth-order valence-corrected chi connectivity index (χ4v) is 4.55. The van der Waals surface area contributed by atoms with Gasteiger partial charge in [-0.2, -0.15) is 0 Å². The van der Waals surface area contributed by atoms with E-state index in [1.807, 2.05) is 12.1 Å². The number of carbonyl (C=O) groups excluding carboxylic acids is 2. The molecule has 4 heterocycles. The van der Waals surface area contributed by atoms with Crippen LogP contribution in [0.15, 0.2) is 35.1 Å². The number of carbonyl (C=O) groups is 2. The van der Waals surface area contributed by atoms with Gasteiger partial charge in [0.2, 0.25) is 5.91 Å². The standard InChI is InChI=1S/C20H19N3O5S/c24-18(12-2-1-4-23(10-12)19(25)13-3-5-26-11-13)22-20-21-14-8-15-16(9-17(14)29-20)28-7-6-27-15/h3,5,8-9,11-12H,1-2,4,6-7,10H2,(H,21,22,24)/t12-/m1/s1. The maximum absolute atomic E-state index is 12.8. The van der Waals surface area contributed by atoms with E-state index in [2.05, 4.69) is 10.3 Å². The molecule has 29 heavy (non-hydrogen) atoms. The number of amides is 2. The van der Waals surface area contributed by atoms with E-state index < -0.39 is 0 Å². The average molecular weight is 413 g/mol. The Morgan fingerprint density at radius 2 is 2.03 bits per heavy atom. The van der Waals surface area contributed by atoms with E-state index >= 15 is 0 Å². The van der Waals surface area contributed by atoms with Crippen LogP contribution in [-0.2, 0) is 4.79 Å². The number of ether oxygens (including phenoxy) is 2. The van der Waals surface area contributed by atoms with E-state index in [0.29, 0.717) is 48.5 Å². The zero-order chi connectivity index (χ0) is 19.8. The lowest BCUT2D eigenvalue weighted by Crippen LogP contribution is -2.43. The smallest absolute Gasteiger partial charge is 0.257 e. The predicted molar refractivity (Wildman–Crippen MR) is 107 cm³/mol. The topological polar surface area (TPSA) is 93.9 Å². The van der Waals surface area contributed by atoms with Gasteiger partial charge in [-0.25, -0.2) is 4.98 Å². The lowest BCUT2D eigenvalue weighted by molar-refractivity contribution is -0.121. The van der Waals surface area contributed by atoms with Gasteiger partial charge in [0, 0.05) is 25.2 Å². The molecular weight excluding hydrogens is 394 g/mol. The first kappa shape index (κ1) is 18.0. The summed E-state index contributed by atoms with van der Waals surface area (Å²) in [5.74, 6) is 0.873. The molecule has 9 heteroatoms. The zero-order valence-corrected chi connectivity index (χ0v) is 16.4. The first-order valence-corrected chi connectivity index (χ1v) is 10.3. The van der Waals surface area contributed by atoms with Crippen molar-refractivity contribution in [2.24, 2.45) is 5.92 Å². The van der Waals surface area contributed by atoms with Crippen LogP contribution in [-0.4, -0.2) is 48.0 Å². The molecule has 2 amide bonds. The van der Waals surface area contributed by atoms with Crippen molar-refractivity contribution in [2.75, 3.05) is 31.6 Å². The Morgan fingerprint density at radius 1 is 1.21 bits per heavy atom. The van der Waals surface area contributed by atoms with Crippen molar-refractivity contribution in [3.8, 4) is 11.5 Å². The SMILES string of the molecule is O=C(Nc1nc2cc3c(cc2s1)OCCO3)[C@@H]1CCCN(C(=O)c2ccoc2)C1. The van der Waals surface area contributed by atoms with Crippen LogP contribution < -0.4 is 14.8 Å². The van der Waals surface area contributed by atoms with Crippen molar-refractivity contribution in [3.63, 3.8) is 0 Å². The molecule has 2 aliphatic heterocycles. The highest BCUT2D eigenvalue weighted by molar-refractivity contribution is 7.22. The molecule has 1 aromatic carbocycles. The quantitative estimate of drug-likeness (QED) is 0.709. The van der Waals surface area contributed by atoms with Gasteiger partial charge in [0.25, 0.3) is 5.91 Å². The number of rotatable bonds is 3. The molecule has 1 saturated heterocycles. The fraction of sp³-hybridized carbons (Fsp3) is 0.350. The van der Waals surface area contributed by atoms with Crippen LogP contribution in [0.2, 0.25) is 0 Å². The maximum atomic E-state index is 12.8. The first-order valence-electron chi connectivity index (χ1n) is 9.50. The molecule has 0 bridgehead atoms. The third kappa shape index (κ3) is 3.53. The van der Waals surface area contributed by atoms with Crippen LogP contribution >= 0.6 is 11.3 Å². The van der Waals surface area contributed by atoms with Gasteiger partial charge in [0.15, 0.2) is 16.6 Å². The second-order valence-electron chi connectivity index (χ2n) is 7.07. The lowest BCUT2D eigenvalue weighted by atomic mass is 9.97. The highest BCUT2D eigenvalue weighted by atomic mass is 32.1. The second-order valence-corrected chi connectivity index (χ2v) is 8.10. The zero-order valence-electron chi connectivity index (χ0n) is 15.6. The van der Waals surface area contributed by atoms with Crippen molar-refractivity contribution in [2.45, 2.75) is 12.8 Å². The highest BCUT2D eigenvalue weighted by Crippen LogP contribution is 2.38. The van der Waals surface area contributed by atoms with Crippen LogP contribution in [0.25, 0.3) is 10.2 Å². The number of nitrogens with one attached hydrogen (secondary N) is 1. The van der Waals surface area contributed by atoms with Crippen LogP contribution in [0.3, 0.4) is 0 Å². The molecule has 0 radical (unpaired) electrons. The van der Waals surface area contributed by atoms with E-state index in [1.165, 1.54) is 23.9 Å². The summed E-state index contributed by atoms with van der Waals surface area (Å²) in [7, 11) is 0. The van der Waals surface area contributed by atoms with E-state index in [1.54, 1.807) is 11.0 Å². The largest absolute Gasteiger partial charge is 0.486 e. The van der Waals surface area contributed by atoms with E-state index in [-0.39, 0.29) is 17.7 Å². The van der Waals surface area contributed by atoms with Crippen molar-refractivity contribution >= 4 is 38.5 Å². The number of anilines is 1. The van der Waals surface area contributed by atoms with Crippen molar-refractivity contribution in [3.05, 3.63) is 36.3 Å². The number of likely N-dealkylation sites (tertiary alicyclic amines) is 1. The van der Waals surface area contributed by atoms with Gasteiger partial charge in [-0.15, -0.1) is 0 Å². The molecule has 0 aliphatic carbocycles. The summed E-state index contributed by atoms with van der Waals surface area (Å²) < 4.78 is 17.1. The van der Waals surface area contributed by atoms with Gasteiger partial charge >= 0.3 is 0 Å². The predicted octanol–water partition coefficient (Wildman–Crippen LogP) is 3.15. The molecule has 0 spiro atoms.